The molecule has 2 aromatic heterocycles. The number of likely N-dealkylation sites (tertiary alicyclic amines) is 1. The lowest BCUT2D eigenvalue weighted by atomic mass is 10.0. The molecule has 0 aromatic carbocycles. The highest BCUT2D eigenvalue weighted by Gasteiger charge is 2.20. The molecule has 0 saturated carbocycles. The standard InChI is InChI=1S/C17H20FN3O3/c1-10-12(5-7-20-6-4-11(19)8-20)14(18)9-21-15(10)3-2-13(16(21)22)17(23)24/h2-3,9,11H,4-8,19H2,1H3,(H,23,24). The molecule has 24 heavy (non-hydrogen) atoms. The van der Waals surface area contributed by atoms with Gasteiger partial charge in [0.25, 0.3) is 5.56 Å². The number of aryl methyl sites for hydroxylation is 1. The summed E-state index contributed by atoms with van der Waals surface area (Å²) in [6, 6.07) is 3.00. The Bertz CT molecular complexity index is 862. The minimum absolute atomic E-state index is 0.181. The fraction of sp³-hybridized carbons (Fsp3) is 0.412. The monoisotopic (exact) mass is 333 g/mol. The molecule has 1 fully saturated rings. The van der Waals surface area contributed by atoms with Gasteiger partial charge in [0, 0.05) is 25.3 Å². The van der Waals surface area contributed by atoms with Crippen molar-refractivity contribution in [3.8, 4) is 0 Å². The van der Waals surface area contributed by atoms with Crippen molar-refractivity contribution in [1.82, 2.24) is 9.30 Å². The zero-order chi connectivity index (χ0) is 17.4. The first-order valence-corrected chi connectivity index (χ1v) is 7.93. The van der Waals surface area contributed by atoms with Crippen LogP contribution in [0.15, 0.2) is 23.1 Å². The number of aromatic nitrogens is 1. The summed E-state index contributed by atoms with van der Waals surface area (Å²) in [7, 11) is 0. The van der Waals surface area contributed by atoms with E-state index in [9.17, 15) is 14.0 Å². The summed E-state index contributed by atoms with van der Waals surface area (Å²) in [6.45, 7) is 4.19. The molecule has 1 atom stereocenters. The van der Waals surface area contributed by atoms with Gasteiger partial charge in [0.05, 0.1) is 5.52 Å². The number of hydrogen-bond acceptors (Lipinski definition) is 4. The van der Waals surface area contributed by atoms with E-state index in [4.69, 9.17) is 10.8 Å². The molecule has 0 radical (unpaired) electrons. The van der Waals surface area contributed by atoms with Gasteiger partial charge in [-0.05, 0) is 49.6 Å². The Balaban J connectivity index is 1.96. The van der Waals surface area contributed by atoms with Crippen molar-refractivity contribution in [2.75, 3.05) is 19.6 Å². The highest BCUT2D eigenvalue weighted by atomic mass is 19.1. The number of aromatic carboxylic acids is 1. The van der Waals surface area contributed by atoms with E-state index in [-0.39, 0.29) is 11.6 Å². The topological polar surface area (TPSA) is 88.0 Å². The highest BCUT2D eigenvalue weighted by molar-refractivity contribution is 5.87. The van der Waals surface area contributed by atoms with Crippen LogP contribution in [0.4, 0.5) is 4.39 Å². The summed E-state index contributed by atoms with van der Waals surface area (Å²) < 4.78 is 15.6. The first kappa shape index (κ1) is 16.6. The van der Waals surface area contributed by atoms with Gasteiger partial charge in [0.2, 0.25) is 0 Å². The van der Waals surface area contributed by atoms with Crippen LogP contribution in [-0.4, -0.2) is 46.1 Å². The Hall–Kier alpha value is -2.25. The molecule has 6 nitrogen and oxygen atoms in total. The molecule has 3 rings (SSSR count). The summed E-state index contributed by atoms with van der Waals surface area (Å²) in [5.74, 6) is -1.81. The fourth-order valence-corrected chi connectivity index (χ4v) is 3.32. The van der Waals surface area contributed by atoms with Gasteiger partial charge >= 0.3 is 5.97 Å². The average Bonchev–Trinajstić information content (AvgIpc) is 2.93. The van der Waals surface area contributed by atoms with Crippen molar-refractivity contribution < 1.29 is 14.3 Å². The predicted molar refractivity (Wildman–Crippen MR) is 88.1 cm³/mol. The third-order valence-corrected chi connectivity index (χ3v) is 4.70. The third-order valence-electron chi connectivity index (χ3n) is 4.70. The molecule has 3 heterocycles. The largest absolute Gasteiger partial charge is 0.477 e. The zero-order valence-corrected chi connectivity index (χ0v) is 13.5. The van der Waals surface area contributed by atoms with Gasteiger partial charge in [-0.15, -0.1) is 0 Å². The molecule has 1 aliphatic heterocycles. The summed E-state index contributed by atoms with van der Waals surface area (Å²) >= 11 is 0. The molecule has 128 valence electrons. The van der Waals surface area contributed by atoms with E-state index < -0.39 is 17.3 Å². The number of nitrogens with two attached hydrogens (primary N) is 1. The lowest BCUT2D eigenvalue weighted by molar-refractivity contribution is 0.0694. The van der Waals surface area contributed by atoms with Crippen LogP contribution in [-0.2, 0) is 6.42 Å². The number of nitrogens with zero attached hydrogens (tertiary/aromatic N) is 2. The SMILES string of the molecule is Cc1c(CCN2CCC(N)C2)c(F)cn2c(=O)c(C(=O)O)ccc12. The van der Waals surface area contributed by atoms with E-state index in [0.717, 1.165) is 30.1 Å². The second kappa shape index (κ2) is 6.33. The van der Waals surface area contributed by atoms with Crippen molar-refractivity contribution in [1.29, 1.82) is 0 Å². The minimum atomic E-state index is -1.32. The van der Waals surface area contributed by atoms with E-state index in [1.54, 1.807) is 13.0 Å². The second-order valence-corrected chi connectivity index (χ2v) is 6.29. The van der Waals surface area contributed by atoms with E-state index in [1.165, 1.54) is 6.07 Å². The fourth-order valence-electron chi connectivity index (χ4n) is 3.32. The maximum Gasteiger partial charge on any atom is 0.341 e. The van der Waals surface area contributed by atoms with Crippen molar-refractivity contribution >= 4 is 11.5 Å². The predicted octanol–water partition coefficient (Wildman–Crippen LogP) is 1.02. The summed E-state index contributed by atoms with van der Waals surface area (Å²) in [4.78, 5) is 25.4. The molecule has 0 amide bonds. The van der Waals surface area contributed by atoms with Gasteiger partial charge in [0.1, 0.15) is 11.4 Å². The van der Waals surface area contributed by atoms with Gasteiger partial charge in [-0.1, -0.05) is 0 Å². The number of pyridine rings is 2. The normalized spacial score (nSPS) is 18.4. The minimum Gasteiger partial charge on any atom is -0.477 e. The smallest absolute Gasteiger partial charge is 0.341 e. The summed E-state index contributed by atoms with van der Waals surface area (Å²) in [5.41, 5.74) is 6.53. The molecule has 7 heteroatoms. The highest BCUT2D eigenvalue weighted by Crippen LogP contribution is 2.20. The molecular formula is C17H20FN3O3. The maximum absolute atomic E-state index is 14.5. The van der Waals surface area contributed by atoms with Crippen LogP contribution in [0.5, 0.6) is 0 Å². The van der Waals surface area contributed by atoms with E-state index in [0.29, 0.717) is 29.6 Å². The first-order valence-electron chi connectivity index (χ1n) is 7.93. The zero-order valence-electron chi connectivity index (χ0n) is 13.5. The van der Waals surface area contributed by atoms with Gasteiger partial charge in [-0.25, -0.2) is 9.18 Å². The Labute approximate surface area is 138 Å². The van der Waals surface area contributed by atoms with Gasteiger partial charge in [-0.3, -0.25) is 9.20 Å². The van der Waals surface area contributed by atoms with Crippen LogP contribution >= 0.6 is 0 Å². The van der Waals surface area contributed by atoms with E-state index in [2.05, 4.69) is 4.90 Å². The Morgan fingerprint density at radius 1 is 1.46 bits per heavy atom. The van der Waals surface area contributed by atoms with Crippen LogP contribution in [0.2, 0.25) is 0 Å². The molecule has 2 aromatic rings. The van der Waals surface area contributed by atoms with Crippen molar-refractivity contribution in [2.24, 2.45) is 5.73 Å². The maximum atomic E-state index is 14.5. The number of carboxylic acid groups (broad SMARTS) is 1. The molecule has 0 spiro atoms. The van der Waals surface area contributed by atoms with Crippen LogP contribution in [0.3, 0.4) is 0 Å². The number of fused-ring (bicyclic) bond motifs is 1. The van der Waals surface area contributed by atoms with E-state index >= 15 is 0 Å². The van der Waals surface area contributed by atoms with Crippen molar-refractivity contribution in [3.05, 3.63) is 51.2 Å². The summed E-state index contributed by atoms with van der Waals surface area (Å²) in [6.07, 6.45) is 2.56. The number of carbonyl (C=O) groups is 1. The molecule has 0 aliphatic carbocycles. The Morgan fingerprint density at radius 2 is 2.21 bits per heavy atom. The molecule has 1 unspecified atom stereocenters. The molecule has 1 aliphatic rings. The first-order chi connectivity index (χ1) is 11.4. The lowest BCUT2D eigenvalue weighted by Gasteiger charge is -2.17. The van der Waals surface area contributed by atoms with Crippen LogP contribution in [0, 0.1) is 12.7 Å². The number of hydrogen-bond donors (Lipinski definition) is 2. The van der Waals surface area contributed by atoms with Crippen LogP contribution in [0.1, 0.15) is 27.9 Å². The second-order valence-electron chi connectivity index (χ2n) is 6.29. The third kappa shape index (κ3) is 2.92. The van der Waals surface area contributed by atoms with E-state index in [1.807, 2.05) is 0 Å². The van der Waals surface area contributed by atoms with Gasteiger partial charge in [-0.2, -0.15) is 0 Å². The lowest BCUT2D eigenvalue weighted by Crippen LogP contribution is -2.28. The average molecular weight is 333 g/mol. The number of halogens is 1. The van der Waals surface area contributed by atoms with Gasteiger partial charge < -0.3 is 15.7 Å². The van der Waals surface area contributed by atoms with Crippen molar-refractivity contribution in [3.63, 3.8) is 0 Å². The number of rotatable bonds is 4. The molecule has 0 bridgehead atoms. The molecular weight excluding hydrogens is 313 g/mol. The Kier molecular flexibility index (Phi) is 4.38. The number of carboxylic acids is 1. The summed E-state index contributed by atoms with van der Waals surface area (Å²) in [5, 5.41) is 9.02. The molecule has 3 N–H and O–H groups in total. The van der Waals surface area contributed by atoms with Gasteiger partial charge in [0.15, 0.2) is 0 Å². The molecule has 1 saturated heterocycles. The quantitative estimate of drug-likeness (QED) is 0.872. The van der Waals surface area contributed by atoms with Crippen LogP contribution < -0.4 is 11.3 Å². The van der Waals surface area contributed by atoms with Crippen LogP contribution in [0.25, 0.3) is 5.52 Å². The van der Waals surface area contributed by atoms with Crippen molar-refractivity contribution in [2.45, 2.75) is 25.8 Å². The Morgan fingerprint density at radius 3 is 2.83 bits per heavy atom.